The summed E-state index contributed by atoms with van der Waals surface area (Å²) in [5.41, 5.74) is 1.93. The predicted molar refractivity (Wildman–Crippen MR) is 85.1 cm³/mol. The third kappa shape index (κ3) is 3.78. The first-order valence-electron chi connectivity index (χ1n) is 7.67. The van der Waals surface area contributed by atoms with E-state index >= 15 is 0 Å². The van der Waals surface area contributed by atoms with E-state index in [4.69, 9.17) is 16.7 Å². The number of rotatable bonds is 5. The molecule has 3 heterocycles. The molecular formula is C16H20ClN3O2. The minimum Gasteiger partial charge on any atom is -0.481 e. The topological polar surface area (TPSA) is 57.8 Å². The van der Waals surface area contributed by atoms with Crippen LogP contribution < -0.4 is 0 Å². The number of aromatic nitrogens is 2. The van der Waals surface area contributed by atoms with Gasteiger partial charge in [0.15, 0.2) is 0 Å². The third-order valence-corrected chi connectivity index (χ3v) is 4.44. The lowest BCUT2D eigenvalue weighted by atomic mass is 9.93. The van der Waals surface area contributed by atoms with Gasteiger partial charge in [0.25, 0.3) is 0 Å². The molecule has 0 saturated carbocycles. The molecule has 0 radical (unpaired) electrons. The molecule has 22 heavy (non-hydrogen) atoms. The van der Waals surface area contributed by atoms with Crippen molar-refractivity contribution in [1.29, 1.82) is 0 Å². The van der Waals surface area contributed by atoms with Crippen molar-refractivity contribution < 1.29 is 9.90 Å². The van der Waals surface area contributed by atoms with Crippen molar-refractivity contribution in [2.24, 2.45) is 5.92 Å². The number of carboxylic acids is 1. The zero-order chi connectivity index (χ0) is 15.5. The third-order valence-electron chi connectivity index (χ3n) is 4.22. The van der Waals surface area contributed by atoms with Crippen molar-refractivity contribution in [3.8, 4) is 0 Å². The molecule has 0 aliphatic carbocycles. The zero-order valence-electron chi connectivity index (χ0n) is 12.4. The van der Waals surface area contributed by atoms with Gasteiger partial charge in [-0.2, -0.15) is 0 Å². The van der Waals surface area contributed by atoms with E-state index in [-0.39, 0.29) is 6.42 Å². The number of halogens is 1. The van der Waals surface area contributed by atoms with Crippen LogP contribution in [0.5, 0.6) is 0 Å². The number of nitrogens with zero attached hydrogens (tertiary/aromatic N) is 3. The summed E-state index contributed by atoms with van der Waals surface area (Å²) in [4.78, 5) is 17.7. The molecule has 1 atom stereocenters. The maximum atomic E-state index is 10.7. The average molecular weight is 322 g/mol. The van der Waals surface area contributed by atoms with Crippen molar-refractivity contribution in [3.63, 3.8) is 0 Å². The standard InChI is InChI=1S/C16H20ClN3O2/c17-13-4-5-15-18-14(11-20(15)9-13)10-19-7-1-2-12(8-19)3-6-16(21)22/h4-5,9,11-12H,1-3,6-8,10H2,(H,21,22). The Balaban J connectivity index is 1.62. The van der Waals surface area contributed by atoms with Crippen molar-refractivity contribution in [2.75, 3.05) is 13.1 Å². The second-order valence-corrected chi connectivity index (χ2v) is 6.46. The first-order valence-corrected chi connectivity index (χ1v) is 8.05. The van der Waals surface area contributed by atoms with E-state index in [0.29, 0.717) is 10.9 Å². The number of fused-ring (bicyclic) bond motifs is 1. The molecule has 0 amide bonds. The van der Waals surface area contributed by atoms with Crippen LogP contribution in [0.15, 0.2) is 24.5 Å². The Kier molecular flexibility index (Phi) is 4.64. The number of imidazole rings is 1. The predicted octanol–water partition coefficient (Wildman–Crippen LogP) is 3.06. The summed E-state index contributed by atoms with van der Waals surface area (Å²) in [6.45, 7) is 2.82. The summed E-state index contributed by atoms with van der Waals surface area (Å²) in [7, 11) is 0. The summed E-state index contributed by atoms with van der Waals surface area (Å²) in [5, 5.41) is 9.51. The van der Waals surface area contributed by atoms with Crippen LogP contribution in [0.3, 0.4) is 0 Å². The number of piperidine rings is 1. The summed E-state index contributed by atoms with van der Waals surface area (Å²) in [6, 6.07) is 3.76. The molecule has 1 fully saturated rings. The van der Waals surface area contributed by atoms with Gasteiger partial charge in [-0.3, -0.25) is 9.69 Å². The van der Waals surface area contributed by atoms with E-state index in [2.05, 4.69) is 9.88 Å². The van der Waals surface area contributed by atoms with Crippen LogP contribution >= 0.6 is 11.6 Å². The molecule has 3 rings (SSSR count). The van der Waals surface area contributed by atoms with Gasteiger partial charge in [0.05, 0.1) is 10.7 Å². The summed E-state index contributed by atoms with van der Waals surface area (Å²) >= 11 is 5.99. The fraction of sp³-hybridized carbons (Fsp3) is 0.500. The molecule has 1 N–H and O–H groups in total. The number of aliphatic carboxylic acids is 1. The molecule has 1 saturated heterocycles. The molecule has 1 aliphatic heterocycles. The van der Waals surface area contributed by atoms with Gasteiger partial charge < -0.3 is 9.51 Å². The minimum absolute atomic E-state index is 0.269. The van der Waals surface area contributed by atoms with E-state index in [0.717, 1.165) is 50.2 Å². The molecule has 5 nitrogen and oxygen atoms in total. The quantitative estimate of drug-likeness (QED) is 0.919. The van der Waals surface area contributed by atoms with Crippen molar-refractivity contribution in [1.82, 2.24) is 14.3 Å². The Morgan fingerprint density at radius 1 is 1.41 bits per heavy atom. The van der Waals surface area contributed by atoms with Crippen LogP contribution in [0.25, 0.3) is 5.65 Å². The smallest absolute Gasteiger partial charge is 0.303 e. The molecule has 2 aromatic rings. The number of hydrogen-bond donors (Lipinski definition) is 1. The Labute approximate surface area is 134 Å². The van der Waals surface area contributed by atoms with Crippen LogP contribution in [0.4, 0.5) is 0 Å². The minimum atomic E-state index is -0.700. The number of hydrogen-bond acceptors (Lipinski definition) is 3. The van der Waals surface area contributed by atoms with Crippen LogP contribution in [0, 0.1) is 5.92 Å². The first kappa shape index (κ1) is 15.3. The molecule has 0 bridgehead atoms. The monoisotopic (exact) mass is 321 g/mol. The van der Waals surface area contributed by atoms with Crippen LogP contribution in [0.2, 0.25) is 5.02 Å². The molecular weight excluding hydrogens is 302 g/mol. The molecule has 1 aliphatic rings. The molecule has 1 unspecified atom stereocenters. The molecule has 6 heteroatoms. The highest BCUT2D eigenvalue weighted by molar-refractivity contribution is 6.30. The number of carbonyl (C=O) groups is 1. The fourth-order valence-electron chi connectivity index (χ4n) is 3.18. The SMILES string of the molecule is O=C(O)CCC1CCCN(Cc2cn3cc(Cl)ccc3n2)C1. The lowest BCUT2D eigenvalue weighted by Gasteiger charge is -2.32. The Morgan fingerprint density at radius 3 is 3.09 bits per heavy atom. The van der Waals surface area contributed by atoms with Gasteiger partial charge in [-0.1, -0.05) is 11.6 Å². The van der Waals surface area contributed by atoms with Crippen molar-refractivity contribution in [3.05, 3.63) is 35.2 Å². The van der Waals surface area contributed by atoms with E-state index < -0.39 is 5.97 Å². The number of carboxylic acid groups (broad SMARTS) is 1. The Hall–Kier alpha value is -1.59. The van der Waals surface area contributed by atoms with Gasteiger partial charge in [0, 0.05) is 31.9 Å². The molecule has 0 aromatic carbocycles. The number of pyridine rings is 1. The lowest BCUT2D eigenvalue weighted by Crippen LogP contribution is -2.35. The summed E-state index contributed by atoms with van der Waals surface area (Å²) in [6.07, 6.45) is 7.17. The summed E-state index contributed by atoms with van der Waals surface area (Å²) < 4.78 is 1.95. The Morgan fingerprint density at radius 2 is 2.27 bits per heavy atom. The van der Waals surface area contributed by atoms with Gasteiger partial charge in [-0.25, -0.2) is 4.98 Å². The molecule has 0 spiro atoms. The lowest BCUT2D eigenvalue weighted by molar-refractivity contribution is -0.137. The van der Waals surface area contributed by atoms with E-state index in [9.17, 15) is 4.79 Å². The highest BCUT2D eigenvalue weighted by Crippen LogP contribution is 2.22. The average Bonchev–Trinajstić information content (AvgIpc) is 2.87. The highest BCUT2D eigenvalue weighted by Gasteiger charge is 2.21. The largest absolute Gasteiger partial charge is 0.481 e. The maximum Gasteiger partial charge on any atom is 0.303 e. The number of likely N-dealkylation sites (tertiary alicyclic amines) is 1. The maximum absolute atomic E-state index is 10.7. The van der Waals surface area contributed by atoms with E-state index in [1.54, 1.807) is 0 Å². The summed E-state index contributed by atoms with van der Waals surface area (Å²) in [5.74, 6) is -0.217. The van der Waals surface area contributed by atoms with Gasteiger partial charge in [-0.05, 0) is 43.9 Å². The van der Waals surface area contributed by atoms with Gasteiger partial charge >= 0.3 is 5.97 Å². The molecule has 2 aromatic heterocycles. The van der Waals surface area contributed by atoms with E-state index in [1.807, 2.05) is 28.9 Å². The van der Waals surface area contributed by atoms with Crippen LogP contribution in [0.1, 0.15) is 31.4 Å². The second-order valence-electron chi connectivity index (χ2n) is 6.02. The van der Waals surface area contributed by atoms with Crippen LogP contribution in [-0.4, -0.2) is 38.4 Å². The van der Waals surface area contributed by atoms with Crippen molar-refractivity contribution >= 4 is 23.2 Å². The van der Waals surface area contributed by atoms with Gasteiger partial charge in [-0.15, -0.1) is 0 Å². The normalized spacial score (nSPS) is 19.6. The first-order chi connectivity index (χ1) is 10.6. The molecule has 118 valence electrons. The van der Waals surface area contributed by atoms with E-state index in [1.165, 1.54) is 0 Å². The second kappa shape index (κ2) is 6.67. The highest BCUT2D eigenvalue weighted by atomic mass is 35.5. The zero-order valence-corrected chi connectivity index (χ0v) is 13.2. The van der Waals surface area contributed by atoms with Crippen molar-refractivity contribution in [2.45, 2.75) is 32.2 Å². The van der Waals surface area contributed by atoms with Crippen LogP contribution in [-0.2, 0) is 11.3 Å². The van der Waals surface area contributed by atoms with Gasteiger partial charge in [0.2, 0.25) is 0 Å². The Bertz CT molecular complexity index is 670. The fourth-order valence-corrected chi connectivity index (χ4v) is 3.35. The van der Waals surface area contributed by atoms with Gasteiger partial charge in [0.1, 0.15) is 5.65 Å².